The fourth-order valence-corrected chi connectivity index (χ4v) is 1.78. The minimum absolute atomic E-state index is 0.243. The zero-order chi connectivity index (χ0) is 11.1. The number of ether oxygens (including phenoxy) is 1. The number of rotatable bonds is 7. The molecule has 0 amide bonds. The zero-order valence-corrected chi connectivity index (χ0v) is 9.51. The number of hydrogen-bond donors (Lipinski definition) is 1. The fourth-order valence-electron chi connectivity index (χ4n) is 0.879. The lowest BCUT2D eigenvalue weighted by atomic mass is 10.5. The summed E-state index contributed by atoms with van der Waals surface area (Å²) in [5.41, 5.74) is 0. The Kier molecular flexibility index (Phi) is 5.60. The van der Waals surface area contributed by atoms with Crippen molar-refractivity contribution in [1.82, 2.24) is 0 Å². The van der Waals surface area contributed by atoms with Gasteiger partial charge in [0.05, 0.1) is 12.4 Å². The minimum atomic E-state index is -0.946. The first-order valence-corrected chi connectivity index (χ1v) is 5.83. The second-order valence-corrected chi connectivity index (χ2v) is 4.18. The van der Waals surface area contributed by atoms with Crippen molar-refractivity contribution in [2.45, 2.75) is 5.75 Å². The first-order chi connectivity index (χ1) is 7.18. The molecule has 15 heavy (non-hydrogen) atoms. The van der Waals surface area contributed by atoms with Crippen molar-refractivity contribution in [2.75, 3.05) is 19.0 Å². The van der Waals surface area contributed by atoms with E-state index in [9.17, 15) is 4.79 Å². The molecule has 0 aliphatic heterocycles. The van der Waals surface area contributed by atoms with E-state index in [1.165, 1.54) is 0 Å². The molecule has 1 aromatic rings. The van der Waals surface area contributed by atoms with Gasteiger partial charge in [-0.3, -0.25) is 0 Å². The monoisotopic (exact) mass is 250 g/mol. The van der Waals surface area contributed by atoms with Crippen LogP contribution in [0.4, 0.5) is 0 Å². The van der Waals surface area contributed by atoms with Crippen molar-refractivity contribution in [3.8, 4) is 0 Å². The third kappa shape index (κ3) is 5.71. The maximum Gasteiger partial charge on any atom is 0.329 e. The van der Waals surface area contributed by atoms with Gasteiger partial charge in [0, 0.05) is 5.75 Å². The van der Waals surface area contributed by atoms with Crippen LogP contribution >= 0.6 is 23.4 Å². The average molecular weight is 251 g/mol. The van der Waals surface area contributed by atoms with Crippen LogP contribution in [-0.2, 0) is 15.3 Å². The smallest absolute Gasteiger partial charge is 0.329 e. The lowest BCUT2D eigenvalue weighted by molar-refractivity contribution is -0.141. The third-order valence-electron chi connectivity index (χ3n) is 1.47. The van der Waals surface area contributed by atoms with Crippen LogP contribution in [0.15, 0.2) is 16.5 Å². The van der Waals surface area contributed by atoms with Crippen LogP contribution in [0.5, 0.6) is 0 Å². The maximum absolute atomic E-state index is 10.1. The van der Waals surface area contributed by atoms with Crippen LogP contribution in [0.1, 0.15) is 5.76 Å². The van der Waals surface area contributed by atoms with Gasteiger partial charge in [0.25, 0.3) is 0 Å². The van der Waals surface area contributed by atoms with Gasteiger partial charge in [-0.25, -0.2) is 4.79 Å². The highest BCUT2D eigenvalue weighted by Crippen LogP contribution is 2.18. The van der Waals surface area contributed by atoms with Crippen molar-refractivity contribution in [3.63, 3.8) is 0 Å². The molecule has 0 bridgehead atoms. The molecule has 0 fully saturated rings. The maximum atomic E-state index is 10.1. The topological polar surface area (TPSA) is 59.7 Å². The molecule has 1 aromatic heterocycles. The molecule has 1 heterocycles. The number of furan rings is 1. The van der Waals surface area contributed by atoms with Gasteiger partial charge in [-0.15, -0.1) is 0 Å². The van der Waals surface area contributed by atoms with Crippen molar-refractivity contribution < 1.29 is 19.1 Å². The van der Waals surface area contributed by atoms with E-state index in [1.807, 2.05) is 6.07 Å². The predicted molar refractivity (Wildman–Crippen MR) is 58.3 cm³/mol. The van der Waals surface area contributed by atoms with Crippen LogP contribution in [0, 0.1) is 0 Å². The first kappa shape index (κ1) is 12.4. The predicted octanol–water partition coefficient (Wildman–Crippen LogP) is 2.27. The molecule has 0 saturated heterocycles. The van der Waals surface area contributed by atoms with Crippen molar-refractivity contribution >= 4 is 29.3 Å². The van der Waals surface area contributed by atoms with Gasteiger partial charge < -0.3 is 14.3 Å². The number of carbonyl (C=O) groups is 1. The zero-order valence-electron chi connectivity index (χ0n) is 7.94. The number of hydrogen-bond acceptors (Lipinski definition) is 4. The summed E-state index contributed by atoms with van der Waals surface area (Å²) in [6, 6.07) is 3.51. The lowest BCUT2D eigenvalue weighted by Gasteiger charge is -2.00. The van der Waals surface area contributed by atoms with Crippen molar-refractivity contribution in [3.05, 3.63) is 23.1 Å². The molecule has 84 valence electrons. The molecule has 0 aliphatic rings. The largest absolute Gasteiger partial charge is 0.480 e. The Morgan fingerprint density at radius 3 is 3.00 bits per heavy atom. The van der Waals surface area contributed by atoms with E-state index >= 15 is 0 Å². The van der Waals surface area contributed by atoms with Crippen LogP contribution in [-0.4, -0.2) is 30.0 Å². The summed E-state index contributed by atoms with van der Waals surface area (Å²) in [6.07, 6.45) is 0. The molecule has 0 saturated carbocycles. The highest BCUT2D eigenvalue weighted by atomic mass is 35.5. The first-order valence-electron chi connectivity index (χ1n) is 4.30. The number of carboxylic acids is 1. The summed E-state index contributed by atoms with van der Waals surface area (Å²) < 4.78 is 10.00. The second-order valence-electron chi connectivity index (χ2n) is 2.70. The minimum Gasteiger partial charge on any atom is -0.480 e. The molecule has 4 nitrogen and oxygen atoms in total. The van der Waals surface area contributed by atoms with Crippen LogP contribution in [0.25, 0.3) is 0 Å². The molecule has 0 radical (unpaired) electrons. The third-order valence-corrected chi connectivity index (χ3v) is 2.62. The van der Waals surface area contributed by atoms with Crippen LogP contribution in [0.3, 0.4) is 0 Å². The molecule has 0 unspecified atom stereocenters. The summed E-state index contributed by atoms with van der Waals surface area (Å²) in [5, 5.41) is 8.67. The quantitative estimate of drug-likeness (QED) is 0.753. The Hall–Kier alpha value is -0.650. The molecule has 1 rings (SSSR count). The standard InChI is InChI=1S/C9H11ClO4S/c10-8-2-1-7(14-8)6-15-4-3-13-5-9(11)12/h1-2H,3-6H2,(H,11,12). The lowest BCUT2D eigenvalue weighted by Crippen LogP contribution is -2.08. The van der Waals surface area contributed by atoms with Gasteiger partial charge in [-0.1, -0.05) is 0 Å². The Labute approximate surface area is 96.5 Å². The normalized spacial score (nSPS) is 10.5. The van der Waals surface area contributed by atoms with Gasteiger partial charge in [0.2, 0.25) is 0 Å². The molecule has 1 N–H and O–H groups in total. The van der Waals surface area contributed by atoms with Gasteiger partial charge >= 0.3 is 5.97 Å². The number of halogens is 1. The van der Waals surface area contributed by atoms with E-state index in [-0.39, 0.29) is 6.61 Å². The van der Waals surface area contributed by atoms with Crippen molar-refractivity contribution in [1.29, 1.82) is 0 Å². The Morgan fingerprint density at radius 1 is 1.60 bits per heavy atom. The summed E-state index contributed by atoms with van der Waals surface area (Å²) in [5.74, 6) is 1.30. The summed E-state index contributed by atoms with van der Waals surface area (Å²) >= 11 is 7.19. The molecule has 0 spiro atoms. The van der Waals surface area contributed by atoms with Gasteiger partial charge in [0.1, 0.15) is 12.4 Å². The Bertz CT molecular complexity index is 313. The summed E-state index contributed by atoms with van der Waals surface area (Å²) in [7, 11) is 0. The van der Waals surface area contributed by atoms with Crippen LogP contribution in [0.2, 0.25) is 5.22 Å². The SMILES string of the molecule is O=C(O)COCCSCc1ccc(Cl)o1. The highest BCUT2D eigenvalue weighted by molar-refractivity contribution is 7.98. The Balaban J connectivity index is 2.00. The summed E-state index contributed by atoms with van der Waals surface area (Å²) in [4.78, 5) is 10.1. The van der Waals surface area contributed by atoms with Gasteiger partial charge in [-0.2, -0.15) is 11.8 Å². The summed E-state index contributed by atoms with van der Waals surface area (Å²) in [6.45, 7) is 0.179. The van der Waals surface area contributed by atoms with Gasteiger partial charge in [-0.05, 0) is 23.7 Å². The average Bonchev–Trinajstić information content (AvgIpc) is 2.57. The van der Waals surface area contributed by atoms with E-state index in [0.717, 1.165) is 11.5 Å². The van der Waals surface area contributed by atoms with E-state index in [1.54, 1.807) is 17.8 Å². The van der Waals surface area contributed by atoms with E-state index in [4.69, 9.17) is 25.9 Å². The molecule has 0 atom stereocenters. The van der Waals surface area contributed by atoms with Crippen LogP contribution < -0.4 is 0 Å². The molecular formula is C9H11ClO4S. The molecular weight excluding hydrogens is 240 g/mol. The van der Waals surface area contributed by atoms with E-state index in [2.05, 4.69) is 0 Å². The highest BCUT2D eigenvalue weighted by Gasteiger charge is 2.00. The number of thioether (sulfide) groups is 1. The fraction of sp³-hybridized carbons (Fsp3) is 0.444. The van der Waals surface area contributed by atoms with Crippen molar-refractivity contribution in [2.24, 2.45) is 0 Å². The second kappa shape index (κ2) is 6.76. The Morgan fingerprint density at radius 2 is 2.40 bits per heavy atom. The molecule has 6 heteroatoms. The molecule has 0 aromatic carbocycles. The van der Waals surface area contributed by atoms with Gasteiger partial charge in [0.15, 0.2) is 5.22 Å². The van der Waals surface area contributed by atoms with E-state index in [0.29, 0.717) is 17.6 Å². The number of aliphatic carboxylic acids is 1. The van der Waals surface area contributed by atoms with E-state index < -0.39 is 5.97 Å². The molecule has 0 aliphatic carbocycles. The number of carboxylic acid groups (broad SMARTS) is 1.